The fourth-order valence-electron chi connectivity index (χ4n) is 9.42. The third kappa shape index (κ3) is 5.68. The van der Waals surface area contributed by atoms with Crippen LogP contribution in [0.1, 0.15) is 35.4 Å². The molecule has 9 aromatic rings. The van der Waals surface area contributed by atoms with Crippen LogP contribution in [-0.2, 0) is 6.42 Å². The molecule has 0 fully saturated rings. The maximum Gasteiger partial charge on any atom is 0.135 e. The van der Waals surface area contributed by atoms with Crippen molar-refractivity contribution in [3.8, 4) is 29.2 Å². The van der Waals surface area contributed by atoms with Gasteiger partial charge < -0.3 is 13.9 Å². The number of para-hydroxylation sites is 3. The number of furan rings is 1. The van der Waals surface area contributed by atoms with Crippen molar-refractivity contribution in [3.05, 3.63) is 205 Å². The number of unbranched alkanes of at least 4 members (excludes halogenated alkanes) is 1. The zero-order valence-corrected chi connectivity index (χ0v) is 32.1. The molecule has 0 N–H and O–H groups in total. The second-order valence-electron chi connectivity index (χ2n) is 15.5. The van der Waals surface area contributed by atoms with Gasteiger partial charge in [-0.15, -0.1) is 6.42 Å². The van der Waals surface area contributed by atoms with Gasteiger partial charge in [0.05, 0.1) is 17.1 Å². The molecule has 0 saturated carbocycles. The normalized spacial score (nSPS) is 16.1. The molecule has 0 spiro atoms. The molecular weight excluding hydrogens is 705 g/mol. The van der Waals surface area contributed by atoms with Crippen LogP contribution in [0.5, 0.6) is 0 Å². The molecule has 3 nitrogen and oxygen atoms in total. The number of nitrogens with zero attached hydrogens (tertiary/aromatic N) is 2. The van der Waals surface area contributed by atoms with Crippen LogP contribution in [0.15, 0.2) is 193 Å². The van der Waals surface area contributed by atoms with Gasteiger partial charge in [-0.3, -0.25) is 0 Å². The Kier molecular flexibility index (Phi) is 8.23. The molecular formula is C55H40N2O. The fourth-order valence-corrected chi connectivity index (χ4v) is 9.42. The van der Waals surface area contributed by atoms with Crippen LogP contribution in [0.4, 0.5) is 11.4 Å². The number of hydrogen-bond acceptors (Lipinski definition) is 2. The number of aromatic nitrogens is 1. The van der Waals surface area contributed by atoms with Crippen molar-refractivity contribution < 1.29 is 4.42 Å². The van der Waals surface area contributed by atoms with Crippen molar-refractivity contribution >= 4 is 60.7 Å². The highest BCUT2D eigenvalue weighted by molar-refractivity contribution is 6.09. The minimum absolute atomic E-state index is 0.258. The van der Waals surface area contributed by atoms with E-state index in [1.165, 1.54) is 55.4 Å². The Bertz CT molecular complexity index is 3140. The molecule has 1 aliphatic carbocycles. The van der Waals surface area contributed by atoms with Gasteiger partial charge in [0, 0.05) is 50.1 Å². The maximum atomic E-state index is 6.38. The van der Waals surface area contributed by atoms with Gasteiger partial charge in [0.1, 0.15) is 11.2 Å². The Morgan fingerprint density at radius 1 is 0.621 bits per heavy atom. The summed E-state index contributed by atoms with van der Waals surface area (Å²) in [7, 11) is 0. The molecule has 2 atom stereocenters. The van der Waals surface area contributed by atoms with E-state index in [0.717, 1.165) is 58.0 Å². The molecule has 1 aliphatic heterocycles. The van der Waals surface area contributed by atoms with Gasteiger partial charge in [-0.1, -0.05) is 133 Å². The summed E-state index contributed by atoms with van der Waals surface area (Å²) in [5.74, 6) is 3.34. The Balaban J connectivity index is 0.831. The molecule has 11 rings (SSSR count). The largest absolute Gasteiger partial charge is 0.456 e. The van der Waals surface area contributed by atoms with E-state index in [2.05, 4.69) is 203 Å². The van der Waals surface area contributed by atoms with Crippen LogP contribution in [0, 0.1) is 12.3 Å². The van der Waals surface area contributed by atoms with E-state index >= 15 is 0 Å². The smallest absolute Gasteiger partial charge is 0.135 e. The van der Waals surface area contributed by atoms with Gasteiger partial charge in [0.2, 0.25) is 0 Å². The predicted molar refractivity (Wildman–Crippen MR) is 243 cm³/mol. The van der Waals surface area contributed by atoms with Crippen LogP contribution in [0.2, 0.25) is 0 Å². The summed E-state index contributed by atoms with van der Waals surface area (Å²) in [5, 5.41) is 4.78. The lowest BCUT2D eigenvalue weighted by Crippen LogP contribution is -2.28. The number of anilines is 2. The van der Waals surface area contributed by atoms with E-state index in [0.29, 0.717) is 5.92 Å². The molecule has 0 radical (unpaired) electrons. The molecule has 58 heavy (non-hydrogen) atoms. The number of aryl methyl sites for hydroxylation is 1. The minimum atomic E-state index is 0.258. The highest BCUT2D eigenvalue weighted by Gasteiger charge is 2.37. The molecule has 7 aromatic carbocycles. The highest BCUT2D eigenvalue weighted by atomic mass is 16.3. The first-order chi connectivity index (χ1) is 28.7. The summed E-state index contributed by atoms with van der Waals surface area (Å²) in [4.78, 5) is 2.48. The summed E-state index contributed by atoms with van der Waals surface area (Å²) in [6.07, 6.45) is 20.2. The Hall–Kier alpha value is -7.28. The molecule has 276 valence electrons. The highest BCUT2D eigenvalue weighted by Crippen LogP contribution is 2.48. The number of hydrogen-bond donors (Lipinski definition) is 0. The van der Waals surface area contributed by atoms with Crippen LogP contribution in [0.3, 0.4) is 0 Å². The first-order valence-electron chi connectivity index (χ1n) is 20.3. The summed E-state index contributed by atoms with van der Waals surface area (Å²) in [6, 6.07) is 57.1. The lowest BCUT2D eigenvalue weighted by Gasteiger charge is -2.28. The first kappa shape index (κ1) is 34.0. The summed E-state index contributed by atoms with van der Waals surface area (Å²) in [5.41, 5.74) is 14.9. The summed E-state index contributed by atoms with van der Waals surface area (Å²) >= 11 is 0. The van der Waals surface area contributed by atoms with Gasteiger partial charge in [-0.05, 0) is 108 Å². The van der Waals surface area contributed by atoms with Gasteiger partial charge in [0.25, 0.3) is 0 Å². The van der Waals surface area contributed by atoms with E-state index in [1.807, 2.05) is 0 Å². The average Bonchev–Trinajstić information content (AvgIpc) is 3.94. The summed E-state index contributed by atoms with van der Waals surface area (Å²) in [6.45, 7) is 0. The number of rotatable bonds is 8. The van der Waals surface area contributed by atoms with Crippen molar-refractivity contribution in [2.75, 3.05) is 4.90 Å². The van der Waals surface area contributed by atoms with E-state index in [-0.39, 0.29) is 6.04 Å². The van der Waals surface area contributed by atoms with Crippen LogP contribution >= 0.6 is 0 Å². The van der Waals surface area contributed by atoms with Crippen LogP contribution < -0.4 is 4.90 Å². The van der Waals surface area contributed by atoms with Crippen LogP contribution in [0.25, 0.3) is 66.1 Å². The number of terminal acetylenes is 1. The Labute approximate surface area is 338 Å². The number of allylic oxidation sites excluding steroid dienone is 4. The van der Waals surface area contributed by atoms with Gasteiger partial charge in [-0.2, -0.15) is 0 Å². The molecule has 0 amide bonds. The lowest BCUT2D eigenvalue weighted by molar-refractivity contribution is 0.669. The fraction of sp³-hybridized carbons (Fsp3) is 0.0909. The van der Waals surface area contributed by atoms with Crippen molar-refractivity contribution in [2.45, 2.75) is 31.2 Å². The van der Waals surface area contributed by atoms with Crippen molar-refractivity contribution in [2.24, 2.45) is 0 Å². The third-order valence-corrected chi connectivity index (χ3v) is 12.1. The Morgan fingerprint density at radius 3 is 2.19 bits per heavy atom. The molecule has 0 saturated heterocycles. The van der Waals surface area contributed by atoms with Gasteiger partial charge >= 0.3 is 0 Å². The number of fused-ring (bicyclic) bond motifs is 9. The number of benzene rings is 7. The van der Waals surface area contributed by atoms with Crippen LogP contribution in [-0.4, -0.2) is 10.6 Å². The average molecular weight is 745 g/mol. The van der Waals surface area contributed by atoms with E-state index < -0.39 is 0 Å². The van der Waals surface area contributed by atoms with Crippen molar-refractivity contribution in [1.82, 2.24) is 4.57 Å². The summed E-state index contributed by atoms with van der Waals surface area (Å²) < 4.78 is 8.72. The van der Waals surface area contributed by atoms with E-state index in [9.17, 15) is 0 Å². The minimum Gasteiger partial charge on any atom is -0.456 e. The molecule has 3 heteroatoms. The first-order valence-corrected chi connectivity index (χ1v) is 20.3. The van der Waals surface area contributed by atoms with Gasteiger partial charge in [-0.25, -0.2) is 0 Å². The van der Waals surface area contributed by atoms with Gasteiger partial charge in [0.15, 0.2) is 0 Å². The topological polar surface area (TPSA) is 21.3 Å². The SMILES string of the molecule is C#C/C(=C\CCCc1cccc(-c2ccc3oc4ccc(N5c6ccccc6C6C=CC=C[C@@H]65)cc4c3c2)c1)c1cccc(-n2c3ccccc3c3ccccc32)c1. The maximum absolute atomic E-state index is 6.38. The second kappa shape index (κ2) is 14.0. The third-order valence-electron chi connectivity index (χ3n) is 12.1. The zero-order chi connectivity index (χ0) is 38.6. The monoisotopic (exact) mass is 744 g/mol. The molecule has 2 aliphatic rings. The molecule has 0 bridgehead atoms. The predicted octanol–water partition coefficient (Wildman–Crippen LogP) is 14.1. The quantitative estimate of drug-likeness (QED) is 0.114. The van der Waals surface area contributed by atoms with Crippen molar-refractivity contribution in [1.29, 1.82) is 0 Å². The molecule has 3 heterocycles. The van der Waals surface area contributed by atoms with E-state index in [4.69, 9.17) is 10.8 Å². The Morgan fingerprint density at radius 2 is 1.34 bits per heavy atom. The van der Waals surface area contributed by atoms with Crippen molar-refractivity contribution in [3.63, 3.8) is 0 Å². The lowest BCUT2D eigenvalue weighted by atomic mass is 9.91. The standard InChI is InChI=1S/C55H40N2O/c1-2-38(40-19-14-20-42(34-40)56-50-25-9-5-21-44(50)45-22-6-10-26-51(45)56)17-4-3-15-37-16-13-18-39(33-37)41-29-31-54-48(35-41)49-36-43(30-32-55(49)58-54)57-52-27-11-7-23-46(52)47-24-8-12-28-53(47)57/h1,5-14,16-36,46,52H,3-4,15H2/b38-17+/t46?,52-/m0/s1. The molecule has 1 unspecified atom stereocenters. The zero-order valence-electron chi connectivity index (χ0n) is 32.1. The van der Waals surface area contributed by atoms with E-state index in [1.54, 1.807) is 0 Å². The molecule has 2 aromatic heterocycles. The second-order valence-corrected chi connectivity index (χ2v) is 15.5.